The van der Waals surface area contributed by atoms with Crippen molar-refractivity contribution in [3.05, 3.63) is 95.6 Å². The second kappa shape index (κ2) is 12.4. The summed E-state index contributed by atoms with van der Waals surface area (Å²) in [6.45, 7) is 1.51. The van der Waals surface area contributed by atoms with Crippen molar-refractivity contribution in [2.24, 2.45) is 0 Å². The van der Waals surface area contributed by atoms with Gasteiger partial charge in [-0.05, 0) is 48.7 Å². The van der Waals surface area contributed by atoms with Crippen LogP contribution in [0.3, 0.4) is 0 Å². The highest BCUT2D eigenvalue weighted by Crippen LogP contribution is 2.20. The molecule has 0 bridgehead atoms. The van der Waals surface area contributed by atoms with Crippen LogP contribution in [0.15, 0.2) is 78.9 Å². The Bertz CT molecular complexity index is 1150. The van der Waals surface area contributed by atoms with Gasteiger partial charge in [-0.2, -0.15) is 0 Å². The number of carbonyl (C=O) groups is 3. The fourth-order valence-corrected chi connectivity index (χ4v) is 3.51. The van der Waals surface area contributed by atoms with Gasteiger partial charge in [0.25, 0.3) is 5.91 Å². The predicted molar refractivity (Wildman–Crippen MR) is 134 cm³/mol. The maximum atomic E-state index is 12.7. The van der Waals surface area contributed by atoms with Gasteiger partial charge in [-0.15, -0.1) is 0 Å². The second-order valence-electron chi connectivity index (χ2n) is 8.11. The molecule has 3 aromatic carbocycles. The Morgan fingerprint density at radius 3 is 2.26 bits per heavy atom. The first-order valence-corrected chi connectivity index (χ1v) is 11.4. The number of hydrogen-bond acceptors (Lipinski definition) is 5. The van der Waals surface area contributed by atoms with Crippen LogP contribution in [-0.2, 0) is 20.7 Å². The lowest BCUT2D eigenvalue weighted by atomic mass is 10.1. The molecule has 35 heavy (non-hydrogen) atoms. The first kappa shape index (κ1) is 25.5. The van der Waals surface area contributed by atoms with Gasteiger partial charge < -0.3 is 19.7 Å². The number of likely N-dealkylation sites (N-methyl/N-ethyl adjacent to an activating group) is 1. The van der Waals surface area contributed by atoms with Gasteiger partial charge in [0, 0.05) is 13.5 Å². The minimum Gasteiger partial charge on any atom is -0.497 e. The number of para-hydroxylation sites is 1. The Hall–Kier alpha value is -4.13. The molecule has 0 saturated carbocycles. The van der Waals surface area contributed by atoms with Crippen LogP contribution in [0.2, 0.25) is 0 Å². The van der Waals surface area contributed by atoms with Crippen molar-refractivity contribution in [3.8, 4) is 5.75 Å². The number of ether oxygens (including phenoxy) is 2. The summed E-state index contributed by atoms with van der Waals surface area (Å²) in [5.41, 5.74) is 2.52. The van der Waals surface area contributed by atoms with E-state index in [1.807, 2.05) is 61.5 Å². The summed E-state index contributed by atoms with van der Waals surface area (Å²) in [5, 5.41) is 2.77. The molecule has 0 aromatic heterocycles. The van der Waals surface area contributed by atoms with E-state index in [4.69, 9.17) is 9.47 Å². The third-order valence-electron chi connectivity index (χ3n) is 5.80. The number of aryl methyl sites for hydroxylation is 1. The van der Waals surface area contributed by atoms with Crippen molar-refractivity contribution >= 4 is 23.5 Å². The zero-order valence-corrected chi connectivity index (χ0v) is 20.2. The molecule has 0 aliphatic heterocycles. The molecular formula is C28H30N2O5. The van der Waals surface area contributed by atoms with Gasteiger partial charge in [-0.1, -0.05) is 54.6 Å². The van der Waals surface area contributed by atoms with E-state index in [1.54, 1.807) is 38.4 Å². The molecule has 182 valence electrons. The summed E-state index contributed by atoms with van der Waals surface area (Å²) < 4.78 is 10.4. The fourth-order valence-electron chi connectivity index (χ4n) is 3.51. The smallest absolute Gasteiger partial charge is 0.340 e. The average Bonchev–Trinajstić information content (AvgIpc) is 2.90. The molecule has 3 aromatic rings. The fraction of sp³-hybridized carbons (Fsp3) is 0.250. The van der Waals surface area contributed by atoms with E-state index in [0.717, 1.165) is 16.9 Å². The van der Waals surface area contributed by atoms with Gasteiger partial charge in [0.1, 0.15) is 5.75 Å². The van der Waals surface area contributed by atoms with Crippen LogP contribution >= 0.6 is 0 Å². The Morgan fingerprint density at radius 1 is 0.914 bits per heavy atom. The van der Waals surface area contributed by atoms with Crippen LogP contribution in [0.1, 0.15) is 40.9 Å². The molecule has 3 rings (SSSR count). The molecule has 0 aliphatic rings. The number of esters is 1. The Labute approximate surface area is 205 Å². The van der Waals surface area contributed by atoms with E-state index < -0.39 is 12.6 Å². The van der Waals surface area contributed by atoms with Crippen LogP contribution in [0.25, 0.3) is 0 Å². The number of methoxy groups -OCH3 is 1. The molecule has 7 heteroatoms. The van der Waals surface area contributed by atoms with Crippen LogP contribution in [0, 0.1) is 0 Å². The van der Waals surface area contributed by atoms with E-state index >= 15 is 0 Å². The first-order valence-electron chi connectivity index (χ1n) is 11.4. The number of anilines is 1. The third kappa shape index (κ3) is 7.17. The third-order valence-corrected chi connectivity index (χ3v) is 5.80. The van der Waals surface area contributed by atoms with Crippen molar-refractivity contribution in [3.63, 3.8) is 0 Å². The van der Waals surface area contributed by atoms with Gasteiger partial charge in [0.15, 0.2) is 6.61 Å². The maximum absolute atomic E-state index is 12.7. The Balaban J connectivity index is 1.54. The molecule has 1 N–H and O–H groups in total. The molecule has 1 atom stereocenters. The van der Waals surface area contributed by atoms with Crippen molar-refractivity contribution in [1.29, 1.82) is 0 Å². The topological polar surface area (TPSA) is 84.9 Å². The van der Waals surface area contributed by atoms with E-state index in [0.29, 0.717) is 12.1 Å². The van der Waals surface area contributed by atoms with E-state index in [9.17, 15) is 14.4 Å². The number of amides is 2. The van der Waals surface area contributed by atoms with Crippen LogP contribution in [-0.4, -0.2) is 43.4 Å². The van der Waals surface area contributed by atoms with Crippen LogP contribution in [0.5, 0.6) is 5.75 Å². The highest BCUT2D eigenvalue weighted by Gasteiger charge is 2.20. The monoisotopic (exact) mass is 474 g/mol. The SMILES string of the molecule is COc1ccc(CCC(=O)Nc2ccccc2C(=O)OCC(=O)N(C)C(C)c2ccccc2)cc1. The largest absolute Gasteiger partial charge is 0.497 e. The zero-order valence-electron chi connectivity index (χ0n) is 20.2. The molecule has 0 fully saturated rings. The van der Waals surface area contributed by atoms with Crippen LogP contribution in [0.4, 0.5) is 5.69 Å². The first-order chi connectivity index (χ1) is 16.9. The highest BCUT2D eigenvalue weighted by atomic mass is 16.5. The summed E-state index contributed by atoms with van der Waals surface area (Å²) >= 11 is 0. The summed E-state index contributed by atoms with van der Waals surface area (Å²) in [7, 11) is 3.27. The maximum Gasteiger partial charge on any atom is 0.340 e. The van der Waals surface area contributed by atoms with Crippen molar-refractivity contribution in [2.75, 3.05) is 26.1 Å². The summed E-state index contributed by atoms with van der Waals surface area (Å²) in [5.74, 6) is -0.473. The second-order valence-corrected chi connectivity index (χ2v) is 8.11. The number of nitrogens with zero attached hydrogens (tertiary/aromatic N) is 1. The van der Waals surface area contributed by atoms with Gasteiger partial charge in [-0.25, -0.2) is 4.79 Å². The molecule has 0 saturated heterocycles. The van der Waals surface area contributed by atoms with Crippen LogP contribution < -0.4 is 10.1 Å². The van der Waals surface area contributed by atoms with Gasteiger partial charge in [-0.3, -0.25) is 9.59 Å². The molecule has 1 unspecified atom stereocenters. The average molecular weight is 475 g/mol. The van der Waals surface area contributed by atoms with Crippen molar-refractivity contribution in [1.82, 2.24) is 4.90 Å². The number of carbonyl (C=O) groups excluding carboxylic acids is 3. The standard InChI is InChI=1S/C28H30N2O5/c1-20(22-9-5-4-6-10-22)30(2)27(32)19-35-28(33)24-11-7-8-12-25(24)29-26(31)18-15-21-13-16-23(34-3)17-14-21/h4-14,16-17,20H,15,18-19H2,1-3H3,(H,29,31). The minimum absolute atomic E-state index is 0.167. The molecule has 2 amide bonds. The Morgan fingerprint density at radius 2 is 1.57 bits per heavy atom. The summed E-state index contributed by atoms with van der Waals surface area (Å²) in [6.07, 6.45) is 0.791. The molecular weight excluding hydrogens is 444 g/mol. The summed E-state index contributed by atoms with van der Waals surface area (Å²) in [4.78, 5) is 39.3. The number of hydrogen-bond donors (Lipinski definition) is 1. The van der Waals surface area contributed by atoms with Gasteiger partial charge in [0.05, 0.1) is 24.4 Å². The molecule has 0 aliphatic carbocycles. The van der Waals surface area contributed by atoms with Crippen molar-refractivity contribution < 1.29 is 23.9 Å². The Kier molecular flexibility index (Phi) is 9.01. The van der Waals surface area contributed by atoms with Crippen molar-refractivity contribution in [2.45, 2.75) is 25.8 Å². The lowest BCUT2D eigenvalue weighted by Crippen LogP contribution is -2.33. The van der Waals surface area contributed by atoms with E-state index in [2.05, 4.69) is 5.32 Å². The molecule has 0 spiro atoms. The summed E-state index contributed by atoms with van der Waals surface area (Å²) in [6, 6.07) is 23.5. The quantitative estimate of drug-likeness (QED) is 0.433. The minimum atomic E-state index is -0.676. The zero-order chi connectivity index (χ0) is 25.2. The number of nitrogens with one attached hydrogen (secondary N) is 1. The molecule has 0 radical (unpaired) electrons. The molecule has 7 nitrogen and oxygen atoms in total. The highest BCUT2D eigenvalue weighted by molar-refractivity contribution is 6.01. The lowest BCUT2D eigenvalue weighted by Gasteiger charge is -2.25. The molecule has 0 heterocycles. The normalized spacial score (nSPS) is 11.3. The predicted octanol–water partition coefficient (Wildman–Crippen LogP) is 4.64. The van der Waals surface area contributed by atoms with Gasteiger partial charge in [0.2, 0.25) is 5.91 Å². The lowest BCUT2D eigenvalue weighted by molar-refractivity contribution is -0.135. The number of benzene rings is 3. The van der Waals surface area contributed by atoms with E-state index in [-0.39, 0.29) is 29.8 Å². The number of rotatable bonds is 10. The van der Waals surface area contributed by atoms with Gasteiger partial charge >= 0.3 is 5.97 Å². The van der Waals surface area contributed by atoms with E-state index in [1.165, 1.54) is 4.90 Å².